The number of nitrogens with zero attached hydrogens (tertiary/aromatic N) is 1. The number of carbonyl (C=O) groups excluding carboxylic acids is 1. The van der Waals surface area contributed by atoms with Crippen LogP contribution in [0.3, 0.4) is 0 Å². The van der Waals surface area contributed by atoms with Crippen LogP contribution in [0.25, 0.3) is 0 Å². The molecule has 0 aliphatic heterocycles. The number of hydrogen-bond acceptors (Lipinski definition) is 3. The van der Waals surface area contributed by atoms with E-state index in [0.717, 1.165) is 37.8 Å². The molecule has 0 bridgehead atoms. The minimum Gasteiger partial charge on any atom is -0.459 e. The van der Waals surface area contributed by atoms with Crippen LogP contribution in [0.2, 0.25) is 0 Å². The summed E-state index contributed by atoms with van der Waals surface area (Å²) < 4.78 is 44.4. The van der Waals surface area contributed by atoms with Crippen LogP contribution in [0.1, 0.15) is 48.2 Å². The van der Waals surface area contributed by atoms with E-state index >= 15 is 0 Å². The summed E-state index contributed by atoms with van der Waals surface area (Å²) in [7, 11) is 1.86. The third kappa shape index (κ3) is 4.03. The summed E-state index contributed by atoms with van der Waals surface area (Å²) in [6.07, 6.45) is 2.22. The second-order valence-electron chi connectivity index (χ2n) is 6.56. The van der Waals surface area contributed by atoms with Gasteiger partial charge >= 0.3 is 6.18 Å². The molecule has 4 nitrogen and oxygen atoms in total. The number of anilines is 2. The van der Waals surface area contributed by atoms with Crippen molar-refractivity contribution in [2.75, 3.05) is 17.3 Å². The van der Waals surface area contributed by atoms with Gasteiger partial charge in [-0.05, 0) is 43.2 Å². The Balaban J connectivity index is 1.93. The van der Waals surface area contributed by atoms with Crippen LogP contribution >= 0.6 is 0 Å². The zero-order chi connectivity index (χ0) is 18.7. The van der Waals surface area contributed by atoms with Crippen LogP contribution in [-0.4, -0.2) is 19.0 Å². The van der Waals surface area contributed by atoms with Gasteiger partial charge in [0.2, 0.25) is 0 Å². The minimum atomic E-state index is -4.48. The second kappa shape index (κ2) is 7.43. The van der Waals surface area contributed by atoms with Crippen LogP contribution in [0.4, 0.5) is 24.5 Å². The maximum atomic E-state index is 13.1. The number of nitrogens with one attached hydrogen (secondary N) is 1. The fourth-order valence-corrected chi connectivity index (χ4v) is 3.38. The Labute approximate surface area is 150 Å². The number of rotatable bonds is 4. The first kappa shape index (κ1) is 18.4. The number of furan rings is 1. The molecule has 7 heteroatoms. The van der Waals surface area contributed by atoms with Gasteiger partial charge in [-0.15, -0.1) is 0 Å². The first-order chi connectivity index (χ1) is 12.4. The van der Waals surface area contributed by atoms with Crippen molar-refractivity contribution in [3.63, 3.8) is 0 Å². The molecular formula is C19H21F3N2O2. The first-order valence-electron chi connectivity index (χ1n) is 8.65. The van der Waals surface area contributed by atoms with Crippen molar-refractivity contribution >= 4 is 17.3 Å². The van der Waals surface area contributed by atoms with Gasteiger partial charge in [0.25, 0.3) is 5.91 Å². The highest BCUT2D eigenvalue weighted by atomic mass is 19.4. The van der Waals surface area contributed by atoms with E-state index in [1.807, 2.05) is 11.9 Å². The molecule has 0 spiro atoms. The first-order valence-corrected chi connectivity index (χ1v) is 8.65. The molecular weight excluding hydrogens is 345 g/mol. The van der Waals surface area contributed by atoms with Gasteiger partial charge in [0.1, 0.15) is 0 Å². The number of benzene rings is 1. The van der Waals surface area contributed by atoms with Gasteiger partial charge in [0.05, 0.1) is 23.2 Å². The molecule has 140 valence electrons. The second-order valence-corrected chi connectivity index (χ2v) is 6.56. The number of hydrogen-bond donors (Lipinski definition) is 1. The van der Waals surface area contributed by atoms with E-state index in [9.17, 15) is 18.0 Å². The van der Waals surface area contributed by atoms with Gasteiger partial charge in [-0.25, -0.2) is 0 Å². The van der Waals surface area contributed by atoms with E-state index in [4.69, 9.17) is 4.42 Å². The van der Waals surface area contributed by atoms with Crippen molar-refractivity contribution in [2.24, 2.45) is 0 Å². The molecule has 2 aromatic rings. The molecule has 0 atom stereocenters. The van der Waals surface area contributed by atoms with Gasteiger partial charge in [0.15, 0.2) is 5.76 Å². The number of carbonyl (C=O) groups is 1. The molecule has 1 fully saturated rings. The lowest BCUT2D eigenvalue weighted by molar-refractivity contribution is -0.137. The highest BCUT2D eigenvalue weighted by molar-refractivity contribution is 6.04. The standard InChI is InChI=1S/C19H21F3N2O2/c1-24(14-6-3-2-4-7-14)16-10-9-13(19(20,21)22)12-15(16)23-18(25)17-8-5-11-26-17/h5,8-12,14H,2-4,6-7H2,1H3,(H,23,25). The van der Waals surface area contributed by atoms with Crippen LogP contribution in [0.5, 0.6) is 0 Å². The van der Waals surface area contributed by atoms with Crippen LogP contribution in [0.15, 0.2) is 41.0 Å². The Hall–Kier alpha value is -2.44. The summed E-state index contributed by atoms with van der Waals surface area (Å²) in [6.45, 7) is 0. The van der Waals surface area contributed by atoms with Crippen molar-refractivity contribution in [3.05, 3.63) is 47.9 Å². The predicted octanol–water partition coefficient (Wildman–Crippen LogP) is 5.32. The predicted molar refractivity (Wildman–Crippen MR) is 93.4 cm³/mol. The molecule has 0 unspecified atom stereocenters. The van der Waals surface area contributed by atoms with Crippen molar-refractivity contribution in [3.8, 4) is 0 Å². The molecule has 1 aliphatic rings. The molecule has 0 saturated heterocycles. The van der Waals surface area contributed by atoms with Gasteiger partial charge < -0.3 is 14.6 Å². The van der Waals surface area contributed by atoms with E-state index in [1.54, 1.807) is 6.07 Å². The largest absolute Gasteiger partial charge is 0.459 e. The number of halogens is 3. The van der Waals surface area contributed by atoms with Gasteiger partial charge in [0, 0.05) is 13.1 Å². The number of amides is 1. The molecule has 1 heterocycles. The van der Waals surface area contributed by atoms with E-state index < -0.39 is 17.6 Å². The van der Waals surface area contributed by atoms with Gasteiger partial charge in [-0.2, -0.15) is 13.2 Å². The summed E-state index contributed by atoms with van der Waals surface area (Å²) in [5.41, 5.74) is -0.0906. The summed E-state index contributed by atoms with van der Waals surface area (Å²) >= 11 is 0. The van der Waals surface area contributed by atoms with Gasteiger partial charge in [-0.3, -0.25) is 4.79 Å². The molecule has 1 aromatic heterocycles. The summed E-state index contributed by atoms with van der Waals surface area (Å²) in [5, 5.41) is 2.57. The maximum absolute atomic E-state index is 13.1. The lowest BCUT2D eigenvalue weighted by atomic mass is 9.94. The Morgan fingerprint density at radius 1 is 1.19 bits per heavy atom. The topological polar surface area (TPSA) is 45.5 Å². The van der Waals surface area contributed by atoms with Crippen LogP contribution in [0, 0.1) is 0 Å². The quantitative estimate of drug-likeness (QED) is 0.797. The Morgan fingerprint density at radius 3 is 2.54 bits per heavy atom. The SMILES string of the molecule is CN(c1ccc(C(F)(F)F)cc1NC(=O)c1ccco1)C1CCCCC1. The molecule has 1 aliphatic carbocycles. The van der Waals surface area contributed by atoms with E-state index in [2.05, 4.69) is 5.32 Å². The fourth-order valence-electron chi connectivity index (χ4n) is 3.38. The Morgan fingerprint density at radius 2 is 1.92 bits per heavy atom. The minimum absolute atomic E-state index is 0.0497. The van der Waals surface area contributed by atoms with Crippen molar-refractivity contribution in [1.29, 1.82) is 0 Å². The lowest BCUT2D eigenvalue weighted by Crippen LogP contribution is -2.34. The summed E-state index contributed by atoms with van der Waals surface area (Å²) in [5.74, 6) is -0.527. The normalized spacial score (nSPS) is 15.7. The zero-order valence-corrected chi connectivity index (χ0v) is 14.5. The molecule has 3 rings (SSSR count). The van der Waals surface area contributed by atoms with Crippen LogP contribution < -0.4 is 10.2 Å². The third-order valence-electron chi connectivity index (χ3n) is 4.82. The number of alkyl halides is 3. The molecule has 1 aromatic carbocycles. The molecule has 1 amide bonds. The maximum Gasteiger partial charge on any atom is 0.416 e. The fraction of sp³-hybridized carbons (Fsp3) is 0.421. The van der Waals surface area contributed by atoms with E-state index in [1.165, 1.54) is 24.8 Å². The monoisotopic (exact) mass is 366 g/mol. The Bertz CT molecular complexity index is 751. The van der Waals surface area contributed by atoms with Crippen molar-refractivity contribution < 1.29 is 22.4 Å². The highest BCUT2D eigenvalue weighted by Crippen LogP contribution is 2.37. The zero-order valence-electron chi connectivity index (χ0n) is 14.5. The summed E-state index contributed by atoms with van der Waals surface area (Å²) in [4.78, 5) is 14.3. The van der Waals surface area contributed by atoms with Gasteiger partial charge in [-0.1, -0.05) is 19.3 Å². The smallest absolute Gasteiger partial charge is 0.416 e. The van der Waals surface area contributed by atoms with E-state index in [-0.39, 0.29) is 17.5 Å². The van der Waals surface area contributed by atoms with Crippen molar-refractivity contribution in [2.45, 2.75) is 44.3 Å². The molecule has 26 heavy (non-hydrogen) atoms. The van der Waals surface area contributed by atoms with Crippen molar-refractivity contribution in [1.82, 2.24) is 0 Å². The molecule has 1 saturated carbocycles. The Kier molecular flexibility index (Phi) is 5.25. The van der Waals surface area contributed by atoms with Crippen LogP contribution in [-0.2, 0) is 6.18 Å². The third-order valence-corrected chi connectivity index (χ3v) is 4.82. The molecule has 0 radical (unpaired) electrons. The average molecular weight is 366 g/mol. The molecule has 1 N–H and O–H groups in total. The average Bonchev–Trinajstić information content (AvgIpc) is 3.16. The summed E-state index contributed by atoms with van der Waals surface area (Å²) in [6, 6.07) is 6.73. The van der Waals surface area contributed by atoms with E-state index in [0.29, 0.717) is 5.69 Å². The highest BCUT2D eigenvalue weighted by Gasteiger charge is 2.32. The lowest BCUT2D eigenvalue weighted by Gasteiger charge is -2.34.